The highest BCUT2D eigenvalue weighted by molar-refractivity contribution is 6.03. The molecular weight excluding hydrogens is 263 g/mol. The predicted octanol–water partition coefficient (Wildman–Crippen LogP) is 0.760. The van der Waals surface area contributed by atoms with Crippen molar-refractivity contribution < 1.29 is 18.8 Å². The summed E-state index contributed by atoms with van der Waals surface area (Å²) in [5.41, 5.74) is 0.671. The molecule has 1 unspecified atom stereocenters. The van der Waals surface area contributed by atoms with E-state index in [0.29, 0.717) is 12.0 Å². The van der Waals surface area contributed by atoms with E-state index >= 15 is 0 Å². The van der Waals surface area contributed by atoms with Crippen LogP contribution in [0.2, 0.25) is 0 Å². The van der Waals surface area contributed by atoms with Crippen molar-refractivity contribution in [1.29, 1.82) is 0 Å². The highest BCUT2D eigenvalue weighted by atomic mass is 19.1. The lowest BCUT2D eigenvalue weighted by Gasteiger charge is -2.20. The maximum Gasteiger partial charge on any atom is 0.249 e. The van der Waals surface area contributed by atoms with E-state index in [9.17, 15) is 18.8 Å². The van der Waals surface area contributed by atoms with E-state index in [4.69, 9.17) is 0 Å². The van der Waals surface area contributed by atoms with Gasteiger partial charge >= 0.3 is 0 Å². The van der Waals surface area contributed by atoms with E-state index in [1.807, 2.05) is 0 Å². The van der Waals surface area contributed by atoms with Crippen LogP contribution in [0.5, 0.6) is 0 Å². The van der Waals surface area contributed by atoms with Crippen LogP contribution in [0.1, 0.15) is 18.4 Å². The number of rotatable bonds is 3. The number of amides is 3. The summed E-state index contributed by atoms with van der Waals surface area (Å²) in [7, 11) is 0. The second kappa shape index (κ2) is 6.10. The number of benzene rings is 1. The average Bonchev–Trinajstić information content (AvgIpc) is 2.41. The van der Waals surface area contributed by atoms with Crippen molar-refractivity contribution in [3.63, 3.8) is 0 Å². The molecule has 1 saturated heterocycles. The van der Waals surface area contributed by atoms with E-state index in [2.05, 4.69) is 10.6 Å². The number of hydrogen-bond acceptors (Lipinski definition) is 3. The van der Waals surface area contributed by atoms with Crippen LogP contribution in [0.4, 0.5) is 4.39 Å². The van der Waals surface area contributed by atoms with E-state index < -0.39 is 17.9 Å². The summed E-state index contributed by atoms with van der Waals surface area (Å²) < 4.78 is 12.7. The molecule has 0 aliphatic carbocycles. The lowest BCUT2D eigenvalue weighted by molar-refractivity contribution is -0.136. The molecule has 0 spiro atoms. The molecule has 1 heterocycles. The van der Waals surface area contributed by atoms with E-state index in [1.165, 1.54) is 36.4 Å². The molecule has 1 aromatic carbocycles. The number of carbonyl (C=O) groups is 3. The van der Waals surface area contributed by atoms with Crippen LogP contribution in [-0.2, 0) is 14.4 Å². The third-order valence-corrected chi connectivity index (χ3v) is 2.85. The first-order valence-electron chi connectivity index (χ1n) is 6.12. The van der Waals surface area contributed by atoms with Crippen LogP contribution in [-0.4, -0.2) is 23.8 Å². The van der Waals surface area contributed by atoms with Crippen molar-refractivity contribution in [2.45, 2.75) is 18.9 Å². The van der Waals surface area contributed by atoms with Gasteiger partial charge in [0.25, 0.3) is 0 Å². The average molecular weight is 276 g/mol. The van der Waals surface area contributed by atoms with Gasteiger partial charge in [0.2, 0.25) is 17.7 Å². The number of carbonyl (C=O) groups excluding carboxylic acids is 3. The maximum absolute atomic E-state index is 12.7. The Morgan fingerprint density at radius 2 is 2.00 bits per heavy atom. The highest BCUT2D eigenvalue weighted by Gasteiger charge is 2.27. The second-order valence-corrected chi connectivity index (χ2v) is 4.40. The Morgan fingerprint density at radius 1 is 1.30 bits per heavy atom. The van der Waals surface area contributed by atoms with Gasteiger partial charge in [-0.15, -0.1) is 0 Å². The van der Waals surface area contributed by atoms with Crippen molar-refractivity contribution in [2.24, 2.45) is 0 Å². The van der Waals surface area contributed by atoms with Crippen molar-refractivity contribution in [3.8, 4) is 0 Å². The van der Waals surface area contributed by atoms with Gasteiger partial charge in [0.1, 0.15) is 11.9 Å². The van der Waals surface area contributed by atoms with Crippen LogP contribution in [0, 0.1) is 5.82 Å². The molecule has 2 rings (SSSR count). The first-order valence-corrected chi connectivity index (χ1v) is 6.12. The zero-order valence-corrected chi connectivity index (χ0v) is 10.6. The molecule has 5 nitrogen and oxygen atoms in total. The fraction of sp³-hybridized carbons (Fsp3) is 0.214. The second-order valence-electron chi connectivity index (χ2n) is 4.40. The smallest absolute Gasteiger partial charge is 0.249 e. The third-order valence-electron chi connectivity index (χ3n) is 2.85. The van der Waals surface area contributed by atoms with E-state index in [-0.39, 0.29) is 18.1 Å². The molecule has 20 heavy (non-hydrogen) atoms. The molecule has 0 aromatic heterocycles. The van der Waals surface area contributed by atoms with Gasteiger partial charge in [0.15, 0.2) is 0 Å². The fourth-order valence-corrected chi connectivity index (χ4v) is 1.80. The van der Waals surface area contributed by atoms with Gasteiger partial charge in [0, 0.05) is 12.5 Å². The Morgan fingerprint density at radius 3 is 2.65 bits per heavy atom. The number of piperidine rings is 1. The van der Waals surface area contributed by atoms with Crippen molar-refractivity contribution in [3.05, 3.63) is 41.7 Å². The number of imide groups is 1. The largest absolute Gasteiger partial charge is 0.341 e. The van der Waals surface area contributed by atoms with E-state index in [1.54, 1.807) is 0 Å². The summed E-state index contributed by atoms with van der Waals surface area (Å²) in [6.45, 7) is 0. The monoisotopic (exact) mass is 276 g/mol. The molecule has 0 radical (unpaired) electrons. The van der Waals surface area contributed by atoms with Gasteiger partial charge in [-0.25, -0.2) is 4.39 Å². The van der Waals surface area contributed by atoms with E-state index in [0.717, 1.165) is 0 Å². The minimum atomic E-state index is -0.696. The standard InChI is InChI=1S/C14H13FN2O3/c15-10-4-1-9(2-5-10)3-7-12(18)16-11-6-8-13(19)17-14(11)20/h1-5,7,11H,6,8H2,(H,16,18)(H,17,19,20). The molecule has 1 atom stereocenters. The van der Waals surface area contributed by atoms with Crippen LogP contribution in [0.3, 0.4) is 0 Å². The Kier molecular flexibility index (Phi) is 4.24. The Labute approximate surface area is 114 Å². The van der Waals surface area contributed by atoms with Gasteiger partial charge in [-0.1, -0.05) is 12.1 Å². The number of nitrogens with one attached hydrogen (secondary N) is 2. The lowest BCUT2D eigenvalue weighted by atomic mass is 10.1. The molecule has 6 heteroatoms. The first-order chi connectivity index (χ1) is 9.54. The quantitative estimate of drug-likeness (QED) is 0.632. The molecule has 104 valence electrons. The summed E-state index contributed by atoms with van der Waals surface area (Å²) in [4.78, 5) is 34.0. The van der Waals surface area contributed by atoms with Crippen LogP contribution < -0.4 is 10.6 Å². The predicted molar refractivity (Wildman–Crippen MR) is 69.7 cm³/mol. The summed E-state index contributed by atoms with van der Waals surface area (Å²) >= 11 is 0. The molecule has 3 amide bonds. The zero-order valence-electron chi connectivity index (χ0n) is 10.6. The molecule has 1 aliphatic rings. The van der Waals surface area contributed by atoms with Gasteiger partial charge in [-0.3, -0.25) is 19.7 Å². The zero-order chi connectivity index (χ0) is 14.5. The maximum atomic E-state index is 12.7. The normalized spacial score (nSPS) is 18.9. The van der Waals surface area contributed by atoms with Gasteiger partial charge in [-0.05, 0) is 30.2 Å². The topological polar surface area (TPSA) is 75.3 Å². The van der Waals surface area contributed by atoms with Crippen LogP contribution >= 0.6 is 0 Å². The molecular formula is C14H13FN2O3. The SMILES string of the molecule is O=C(C=Cc1ccc(F)cc1)NC1CCC(=O)NC1=O. The van der Waals surface area contributed by atoms with Crippen LogP contribution in [0.25, 0.3) is 6.08 Å². The molecule has 1 aliphatic heterocycles. The summed E-state index contributed by atoms with van der Waals surface area (Å²) in [5.74, 6) is -1.62. The third kappa shape index (κ3) is 3.74. The summed E-state index contributed by atoms with van der Waals surface area (Å²) in [6.07, 6.45) is 3.27. The van der Waals surface area contributed by atoms with Crippen molar-refractivity contribution >= 4 is 23.8 Å². The number of hydrogen-bond donors (Lipinski definition) is 2. The van der Waals surface area contributed by atoms with Gasteiger partial charge in [-0.2, -0.15) is 0 Å². The molecule has 2 N–H and O–H groups in total. The lowest BCUT2D eigenvalue weighted by Crippen LogP contribution is -2.51. The fourth-order valence-electron chi connectivity index (χ4n) is 1.80. The molecule has 1 fully saturated rings. The van der Waals surface area contributed by atoms with Crippen LogP contribution in [0.15, 0.2) is 30.3 Å². The van der Waals surface area contributed by atoms with Gasteiger partial charge in [0.05, 0.1) is 0 Å². The minimum Gasteiger partial charge on any atom is -0.341 e. The Bertz CT molecular complexity index is 566. The summed E-state index contributed by atoms with van der Waals surface area (Å²) in [5, 5.41) is 4.66. The highest BCUT2D eigenvalue weighted by Crippen LogP contribution is 2.06. The Balaban J connectivity index is 1.90. The Hall–Kier alpha value is -2.50. The summed E-state index contributed by atoms with van der Waals surface area (Å²) in [6, 6.07) is 4.95. The van der Waals surface area contributed by atoms with Gasteiger partial charge < -0.3 is 5.32 Å². The molecule has 1 aromatic rings. The molecule has 0 bridgehead atoms. The molecule has 0 saturated carbocycles. The van der Waals surface area contributed by atoms with Crippen molar-refractivity contribution in [1.82, 2.24) is 10.6 Å². The number of halogens is 1. The first kappa shape index (κ1) is 13.9. The minimum absolute atomic E-state index is 0.207. The van der Waals surface area contributed by atoms with Crippen molar-refractivity contribution in [2.75, 3.05) is 0 Å².